The number of fused-ring (bicyclic) bond motifs is 1. The molecule has 0 saturated heterocycles. The number of aryl methyl sites for hydroxylation is 2. The SMILES string of the molecule is C=C(C)N(CCCCCC(=O)c1cc(C)c2c(c1)CCC(=O)N2C)C(C)Cc1ccccc1OC. The molecule has 1 aliphatic heterocycles. The van der Waals surface area contributed by atoms with E-state index in [0.29, 0.717) is 25.3 Å². The highest BCUT2D eigenvalue weighted by atomic mass is 16.5. The van der Waals surface area contributed by atoms with E-state index < -0.39 is 0 Å². The van der Waals surface area contributed by atoms with Crippen LogP contribution < -0.4 is 9.64 Å². The summed E-state index contributed by atoms with van der Waals surface area (Å²) in [6.07, 6.45) is 5.56. The molecule has 0 fully saturated rings. The van der Waals surface area contributed by atoms with Crippen LogP contribution in [0.1, 0.15) is 73.0 Å². The molecule has 5 heteroatoms. The van der Waals surface area contributed by atoms with E-state index in [1.807, 2.05) is 38.2 Å². The van der Waals surface area contributed by atoms with E-state index in [-0.39, 0.29) is 11.7 Å². The van der Waals surface area contributed by atoms with Gasteiger partial charge in [-0.05, 0) is 81.3 Å². The van der Waals surface area contributed by atoms with Crippen molar-refractivity contribution in [2.75, 3.05) is 25.6 Å². The Labute approximate surface area is 210 Å². The number of hydrogen-bond acceptors (Lipinski definition) is 4. The number of nitrogens with zero attached hydrogens (tertiary/aromatic N) is 2. The molecular formula is C30H40N2O3. The Kier molecular flexibility index (Phi) is 9.13. The number of ketones is 1. The van der Waals surface area contributed by atoms with E-state index in [9.17, 15) is 9.59 Å². The quantitative estimate of drug-likeness (QED) is 0.273. The first-order valence-electron chi connectivity index (χ1n) is 12.7. The number of hydrogen-bond donors (Lipinski definition) is 0. The van der Waals surface area contributed by atoms with Crippen molar-refractivity contribution < 1.29 is 14.3 Å². The minimum atomic E-state index is 0.140. The molecule has 0 bridgehead atoms. The van der Waals surface area contributed by atoms with Gasteiger partial charge < -0.3 is 14.5 Å². The van der Waals surface area contributed by atoms with E-state index in [1.165, 1.54) is 5.56 Å². The second kappa shape index (κ2) is 12.1. The third-order valence-corrected chi connectivity index (χ3v) is 7.05. The van der Waals surface area contributed by atoms with E-state index >= 15 is 0 Å². The molecule has 35 heavy (non-hydrogen) atoms. The van der Waals surface area contributed by atoms with Crippen molar-refractivity contribution in [1.82, 2.24) is 4.90 Å². The van der Waals surface area contributed by atoms with Crippen molar-refractivity contribution in [3.63, 3.8) is 0 Å². The first kappa shape index (κ1) is 26.5. The molecule has 2 aromatic carbocycles. The topological polar surface area (TPSA) is 49.9 Å². The molecule has 1 atom stereocenters. The molecule has 1 heterocycles. The molecule has 2 aromatic rings. The number of allylic oxidation sites excluding steroid dienone is 1. The van der Waals surface area contributed by atoms with Gasteiger partial charge in [0, 0.05) is 49.4 Å². The van der Waals surface area contributed by atoms with Crippen molar-refractivity contribution in [1.29, 1.82) is 0 Å². The number of anilines is 1. The van der Waals surface area contributed by atoms with Crippen LogP contribution in [0.5, 0.6) is 5.75 Å². The number of methoxy groups -OCH3 is 1. The molecule has 0 spiro atoms. The largest absolute Gasteiger partial charge is 0.496 e. The van der Waals surface area contributed by atoms with E-state index in [2.05, 4.69) is 37.5 Å². The first-order valence-corrected chi connectivity index (χ1v) is 12.7. The number of Topliss-reactive ketones (excluding diaryl/α,β-unsaturated/α-hetero) is 1. The Hall–Kier alpha value is -3.08. The fourth-order valence-electron chi connectivity index (χ4n) is 5.19. The number of benzene rings is 2. The molecule has 1 amide bonds. The van der Waals surface area contributed by atoms with Gasteiger partial charge in [-0.3, -0.25) is 9.59 Å². The Morgan fingerprint density at radius 2 is 1.91 bits per heavy atom. The first-order chi connectivity index (χ1) is 16.7. The summed E-state index contributed by atoms with van der Waals surface area (Å²) in [5, 5.41) is 0. The predicted octanol–water partition coefficient (Wildman–Crippen LogP) is 6.12. The maximum absolute atomic E-state index is 12.9. The number of para-hydroxylation sites is 1. The van der Waals surface area contributed by atoms with Crippen LogP contribution >= 0.6 is 0 Å². The van der Waals surface area contributed by atoms with Gasteiger partial charge in [-0.25, -0.2) is 0 Å². The van der Waals surface area contributed by atoms with Crippen molar-refractivity contribution >= 4 is 17.4 Å². The average Bonchev–Trinajstić information content (AvgIpc) is 2.83. The summed E-state index contributed by atoms with van der Waals surface area (Å²) >= 11 is 0. The Balaban J connectivity index is 1.50. The summed E-state index contributed by atoms with van der Waals surface area (Å²) in [6.45, 7) is 11.4. The van der Waals surface area contributed by atoms with Gasteiger partial charge in [-0.15, -0.1) is 0 Å². The van der Waals surface area contributed by atoms with E-state index in [1.54, 1.807) is 12.0 Å². The molecule has 5 nitrogen and oxygen atoms in total. The van der Waals surface area contributed by atoms with Crippen LogP contribution in [0.15, 0.2) is 48.7 Å². The summed E-state index contributed by atoms with van der Waals surface area (Å²) in [5.74, 6) is 1.26. The molecule has 0 aromatic heterocycles. The molecule has 0 radical (unpaired) electrons. The molecule has 0 aliphatic carbocycles. The highest BCUT2D eigenvalue weighted by molar-refractivity contribution is 6.00. The normalized spacial score (nSPS) is 13.9. The highest BCUT2D eigenvalue weighted by Gasteiger charge is 2.24. The van der Waals surface area contributed by atoms with Crippen molar-refractivity contribution in [3.05, 3.63) is 70.9 Å². The summed E-state index contributed by atoms with van der Waals surface area (Å²) < 4.78 is 5.52. The smallest absolute Gasteiger partial charge is 0.227 e. The van der Waals surface area contributed by atoms with Crippen molar-refractivity contribution in [3.8, 4) is 5.75 Å². The van der Waals surface area contributed by atoms with Crippen LogP contribution in [0.4, 0.5) is 5.69 Å². The maximum atomic E-state index is 12.9. The molecule has 0 N–H and O–H groups in total. The lowest BCUT2D eigenvalue weighted by Gasteiger charge is -2.32. The maximum Gasteiger partial charge on any atom is 0.227 e. The highest BCUT2D eigenvalue weighted by Crippen LogP contribution is 2.32. The van der Waals surface area contributed by atoms with Gasteiger partial charge in [-0.2, -0.15) is 0 Å². The zero-order valence-corrected chi connectivity index (χ0v) is 22.0. The van der Waals surface area contributed by atoms with E-state index in [0.717, 1.165) is 66.1 Å². The van der Waals surface area contributed by atoms with Crippen LogP contribution in [0, 0.1) is 6.92 Å². The molecule has 1 unspecified atom stereocenters. The zero-order valence-electron chi connectivity index (χ0n) is 22.0. The summed E-state index contributed by atoms with van der Waals surface area (Å²) in [4.78, 5) is 29.0. The molecule has 188 valence electrons. The zero-order chi connectivity index (χ0) is 25.5. The summed E-state index contributed by atoms with van der Waals surface area (Å²) in [6, 6.07) is 12.4. The molecular weight excluding hydrogens is 436 g/mol. The lowest BCUT2D eigenvalue weighted by atomic mass is 9.93. The summed E-state index contributed by atoms with van der Waals surface area (Å²) in [7, 11) is 3.53. The van der Waals surface area contributed by atoms with Gasteiger partial charge in [0.1, 0.15) is 5.75 Å². The van der Waals surface area contributed by atoms with Gasteiger partial charge >= 0.3 is 0 Å². The van der Waals surface area contributed by atoms with Crippen LogP contribution in [0.3, 0.4) is 0 Å². The molecule has 3 rings (SSSR count). The Morgan fingerprint density at radius 1 is 1.17 bits per heavy atom. The van der Waals surface area contributed by atoms with E-state index in [4.69, 9.17) is 4.74 Å². The number of amides is 1. The van der Waals surface area contributed by atoms with Crippen molar-refractivity contribution in [2.45, 2.75) is 71.8 Å². The minimum Gasteiger partial charge on any atom is -0.496 e. The lowest BCUT2D eigenvalue weighted by molar-refractivity contribution is -0.118. The minimum absolute atomic E-state index is 0.140. The van der Waals surface area contributed by atoms with Gasteiger partial charge in [0.2, 0.25) is 5.91 Å². The number of rotatable bonds is 12. The second-order valence-corrected chi connectivity index (χ2v) is 9.78. The van der Waals surface area contributed by atoms with Crippen LogP contribution in [0.25, 0.3) is 0 Å². The second-order valence-electron chi connectivity index (χ2n) is 9.78. The number of unbranched alkanes of at least 4 members (excludes halogenated alkanes) is 2. The third kappa shape index (κ3) is 6.53. The fourth-order valence-corrected chi connectivity index (χ4v) is 5.19. The van der Waals surface area contributed by atoms with Crippen LogP contribution in [0.2, 0.25) is 0 Å². The summed E-state index contributed by atoms with van der Waals surface area (Å²) in [5.41, 5.74) is 6.13. The lowest BCUT2D eigenvalue weighted by Crippen LogP contribution is -2.33. The Bertz CT molecular complexity index is 1080. The van der Waals surface area contributed by atoms with Gasteiger partial charge in [-0.1, -0.05) is 31.2 Å². The molecule has 0 saturated carbocycles. The third-order valence-electron chi connectivity index (χ3n) is 7.05. The van der Waals surface area contributed by atoms with Crippen LogP contribution in [-0.2, 0) is 17.6 Å². The fraction of sp³-hybridized carbons (Fsp3) is 0.467. The number of carbonyl (C=O) groups is 2. The average molecular weight is 477 g/mol. The number of carbonyl (C=O) groups excluding carboxylic acids is 2. The van der Waals surface area contributed by atoms with Crippen LogP contribution in [-0.4, -0.2) is 43.3 Å². The Morgan fingerprint density at radius 3 is 2.63 bits per heavy atom. The van der Waals surface area contributed by atoms with Gasteiger partial charge in [0.05, 0.1) is 7.11 Å². The number of ether oxygens (including phenoxy) is 1. The van der Waals surface area contributed by atoms with Gasteiger partial charge in [0.25, 0.3) is 0 Å². The molecule has 1 aliphatic rings. The monoisotopic (exact) mass is 476 g/mol. The predicted molar refractivity (Wildman–Crippen MR) is 143 cm³/mol. The van der Waals surface area contributed by atoms with Gasteiger partial charge in [0.15, 0.2) is 5.78 Å². The van der Waals surface area contributed by atoms with Crippen molar-refractivity contribution in [2.24, 2.45) is 0 Å². The standard InChI is InChI=1S/C30H40N2O3/c1-21(2)32(23(4)19-24-12-9-10-14-28(24)35-6)17-11-7-8-13-27(33)26-18-22(3)30-25(20-26)15-16-29(34)31(30)5/h9-10,12,14,18,20,23H,1,7-8,11,13,15-17,19H2,2-6H3.